The lowest BCUT2D eigenvalue weighted by molar-refractivity contribution is -0.130. The minimum absolute atomic E-state index is 0.115. The average Bonchev–Trinajstić information content (AvgIpc) is 3.27. The molecule has 2 heterocycles. The Balaban J connectivity index is 1.82. The van der Waals surface area contributed by atoms with Gasteiger partial charge in [0.05, 0.1) is 19.4 Å². The van der Waals surface area contributed by atoms with Crippen LogP contribution >= 0.6 is 0 Å². The molecule has 0 aliphatic carbocycles. The van der Waals surface area contributed by atoms with Gasteiger partial charge in [0.25, 0.3) is 5.56 Å². The van der Waals surface area contributed by atoms with Gasteiger partial charge in [-0.25, -0.2) is 4.79 Å². The van der Waals surface area contributed by atoms with E-state index in [4.69, 9.17) is 4.42 Å². The van der Waals surface area contributed by atoms with Crippen LogP contribution in [0.2, 0.25) is 0 Å². The van der Waals surface area contributed by atoms with E-state index in [1.165, 1.54) is 11.6 Å². The quantitative estimate of drug-likeness (QED) is 0.580. The zero-order valence-corrected chi connectivity index (χ0v) is 17.2. The summed E-state index contributed by atoms with van der Waals surface area (Å²) in [5.74, 6) is 0.762. The molecular weight excluding hydrogens is 386 g/mol. The molecule has 158 valence electrons. The van der Waals surface area contributed by atoms with Crippen LogP contribution in [0, 0.1) is 0 Å². The number of aromatic nitrogens is 2. The summed E-state index contributed by atoms with van der Waals surface area (Å²) < 4.78 is 7.72. The number of amides is 1. The molecule has 0 spiro atoms. The zero-order valence-electron chi connectivity index (χ0n) is 17.2. The number of nitrogens with one attached hydrogen (secondary N) is 2. The highest BCUT2D eigenvalue weighted by atomic mass is 16.3. The maximum atomic E-state index is 13.0. The van der Waals surface area contributed by atoms with Gasteiger partial charge in [-0.1, -0.05) is 30.3 Å². The normalized spacial score (nSPS) is 10.6. The highest BCUT2D eigenvalue weighted by molar-refractivity contribution is 5.82. The molecule has 1 amide bonds. The summed E-state index contributed by atoms with van der Waals surface area (Å²) in [5.41, 5.74) is 0.181. The monoisotopic (exact) mass is 411 g/mol. The van der Waals surface area contributed by atoms with Gasteiger partial charge in [0.15, 0.2) is 0 Å². The predicted octanol–water partition coefficient (Wildman–Crippen LogP) is 1.36. The van der Waals surface area contributed by atoms with E-state index in [9.17, 15) is 14.4 Å². The van der Waals surface area contributed by atoms with Crippen LogP contribution < -0.4 is 21.9 Å². The second-order valence-corrected chi connectivity index (χ2v) is 6.85. The number of rotatable bonds is 8. The van der Waals surface area contributed by atoms with Crippen LogP contribution in [-0.2, 0) is 32.0 Å². The largest absolute Gasteiger partial charge is 0.467 e. The number of carbonyl (C=O) groups is 1. The van der Waals surface area contributed by atoms with Crippen LogP contribution in [-0.4, -0.2) is 33.5 Å². The lowest BCUT2D eigenvalue weighted by Gasteiger charge is -2.23. The first-order chi connectivity index (χ1) is 14.4. The average molecular weight is 411 g/mol. The summed E-state index contributed by atoms with van der Waals surface area (Å²) in [6, 6.07) is 13.2. The highest BCUT2D eigenvalue weighted by Gasteiger charge is 2.19. The van der Waals surface area contributed by atoms with E-state index in [0.29, 0.717) is 24.7 Å². The van der Waals surface area contributed by atoms with Crippen molar-refractivity contribution in [2.75, 3.05) is 24.2 Å². The third kappa shape index (κ3) is 4.45. The van der Waals surface area contributed by atoms with Gasteiger partial charge in [-0.3, -0.25) is 18.7 Å². The number of hydrogen-bond acceptors (Lipinski definition) is 6. The molecule has 0 saturated carbocycles. The number of hydrogen-bond donors (Lipinski definition) is 2. The van der Waals surface area contributed by atoms with Crippen molar-refractivity contribution in [3.63, 3.8) is 0 Å². The Kier molecular flexibility index (Phi) is 6.41. The Labute approximate surface area is 173 Å². The van der Waals surface area contributed by atoms with Crippen molar-refractivity contribution < 1.29 is 9.21 Å². The van der Waals surface area contributed by atoms with E-state index in [-0.39, 0.29) is 18.1 Å². The molecule has 9 nitrogen and oxygen atoms in total. The Hall–Kier alpha value is -3.75. The summed E-state index contributed by atoms with van der Waals surface area (Å²) in [6.45, 7) is 0.578. The number of carbonyl (C=O) groups excluding carboxylic acids is 1. The second-order valence-electron chi connectivity index (χ2n) is 6.85. The van der Waals surface area contributed by atoms with E-state index in [1.807, 2.05) is 30.3 Å². The molecule has 0 saturated heterocycles. The molecule has 0 atom stereocenters. The topological polar surface area (TPSA) is 102 Å². The van der Waals surface area contributed by atoms with Crippen LogP contribution in [0.3, 0.4) is 0 Å². The zero-order chi connectivity index (χ0) is 21.7. The molecular formula is C21H25N5O4. The summed E-state index contributed by atoms with van der Waals surface area (Å²) >= 11 is 0. The Morgan fingerprint density at radius 3 is 2.40 bits per heavy atom. The van der Waals surface area contributed by atoms with Gasteiger partial charge in [-0.2, -0.15) is 0 Å². The maximum Gasteiger partial charge on any atom is 0.332 e. The molecule has 0 radical (unpaired) electrons. The minimum Gasteiger partial charge on any atom is -0.467 e. The predicted molar refractivity (Wildman–Crippen MR) is 114 cm³/mol. The van der Waals surface area contributed by atoms with Gasteiger partial charge in [0, 0.05) is 27.7 Å². The van der Waals surface area contributed by atoms with E-state index in [2.05, 4.69) is 10.6 Å². The van der Waals surface area contributed by atoms with E-state index < -0.39 is 11.2 Å². The van der Waals surface area contributed by atoms with E-state index >= 15 is 0 Å². The number of nitrogens with zero attached hydrogens (tertiary/aromatic N) is 3. The van der Waals surface area contributed by atoms with Crippen LogP contribution in [0.4, 0.5) is 11.5 Å². The van der Waals surface area contributed by atoms with Crippen LogP contribution in [0.5, 0.6) is 0 Å². The summed E-state index contributed by atoms with van der Waals surface area (Å²) in [5, 5.41) is 5.76. The van der Waals surface area contributed by atoms with Crippen LogP contribution in [0.15, 0.2) is 62.7 Å². The van der Waals surface area contributed by atoms with Crippen LogP contribution in [0.1, 0.15) is 11.3 Å². The molecule has 0 unspecified atom stereocenters. The number of furan rings is 1. The van der Waals surface area contributed by atoms with Crippen molar-refractivity contribution in [3.8, 4) is 0 Å². The lowest BCUT2D eigenvalue weighted by Crippen LogP contribution is -2.41. The van der Waals surface area contributed by atoms with Gasteiger partial charge in [0.1, 0.15) is 17.3 Å². The van der Waals surface area contributed by atoms with Gasteiger partial charge in [0.2, 0.25) is 5.91 Å². The minimum atomic E-state index is -0.504. The van der Waals surface area contributed by atoms with Crippen molar-refractivity contribution >= 4 is 17.4 Å². The van der Waals surface area contributed by atoms with Gasteiger partial charge in [-0.15, -0.1) is 0 Å². The fraction of sp³-hybridized carbons (Fsp3) is 0.286. The molecule has 9 heteroatoms. The van der Waals surface area contributed by atoms with E-state index in [0.717, 1.165) is 10.1 Å². The van der Waals surface area contributed by atoms with Crippen LogP contribution in [0.25, 0.3) is 0 Å². The Morgan fingerprint density at radius 1 is 1.03 bits per heavy atom. The second kappa shape index (κ2) is 9.17. The SMILES string of the molecule is CNc1c(NCC(=O)N(Cc2ccccc2)Cc2ccco2)c(=O)n(C)c(=O)n1C. The third-order valence-corrected chi connectivity index (χ3v) is 4.81. The number of anilines is 2. The first-order valence-electron chi connectivity index (χ1n) is 9.48. The molecule has 2 N–H and O–H groups in total. The van der Waals surface area contributed by atoms with Crippen molar-refractivity contribution in [2.45, 2.75) is 13.1 Å². The molecule has 3 aromatic rings. The highest BCUT2D eigenvalue weighted by Crippen LogP contribution is 2.15. The molecule has 3 rings (SSSR count). The Morgan fingerprint density at radius 2 is 1.77 bits per heavy atom. The molecule has 0 aliphatic heterocycles. The van der Waals surface area contributed by atoms with Crippen molar-refractivity contribution in [1.82, 2.24) is 14.0 Å². The third-order valence-electron chi connectivity index (χ3n) is 4.81. The molecule has 1 aromatic carbocycles. The first-order valence-corrected chi connectivity index (χ1v) is 9.48. The van der Waals surface area contributed by atoms with Crippen molar-refractivity contribution in [3.05, 3.63) is 80.9 Å². The fourth-order valence-corrected chi connectivity index (χ4v) is 3.20. The van der Waals surface area contributed by atoms with Crippen molar-refractivity contribution in [2.24, 2.45) is 14.1 Å². The molecule has 0 bridgehead atoms. The summed E-state index contributed by atoms with van der Waals surface area (Å²) in [4.78, 5) is 39.3. The summed E-state index contributed by atoms with van der Waals surface area (Å²) in [6.07, 6.45) is 1.56. The van der Waals surface area contributed by atoms with Gasteiger partial charge < -0.3 is 20.0 Å². The number of benzene rings is 1. The van der Waals surface area contributed by atoms with E-state index in [1.54, 1.807) is 37.4 Å². The maximum absolute atomic E-state index is 13.0. The standard InChI is InChI=1S/C21H25N5O4/c1-22-19-18(20(28)25(3)21(29)24(19)2)23-12-17(27)26(14-16-10-7-11-30-16)13-15-8-5-4-6-9-15/h4-11,22-23H,12-14H2,1-3H3. The molecule has 2 aromatic heterocycles. The summed E-state index contributed by atoms with van der Waals surface area (Å²) in [7, 11) is 4.56. The van der Waals surface area contributed by atoms with Crippen molar-refractivity contribution in [1.29, 1.82) is 0 Å². The molecule has 0 fully saturated rings. The molecule has 0 aliphatic rings. The van der Waals surface area contributed by atoms with Gasteiger partial charge >= 0.3 is 5.69 Å². The first kappa shape index (κ1) is 21.0. The molecule has 30 heavy (non-hydrogen) atoms. The van der Waals surface area contributed by atoms with Gasteiger partial charge in [-0.05, 0) is 17.7 Å². The smallest absolute Gasteiger partial charge is 0.332 e. The fourth-order valence-electron chi connectivity index (χ4n) is 3.20. The lowest BCUT2D eigenvalue weighted by atomic mass is 10.2. The Bertz CT molecular complexity index is 1120.